The monoisotopic (exact) mass is 394 g/mol. The van der Waals surface area contributed by atoms with Gasteiger partial charge in [0.15, 0.2) is 0 Å². The summed E-state index contributed by atoms with van der Waals surface area (Å²) in [5.41, 5.74) is 2.32. The average molecular weight is 395 g/mol. The molecule has 2 aromatic rings. The molecular weight excluding hydrogens is 371 g/mol. The number of H-pyrrole nitrogens is 1. The molecule has 0 bridgehead atoms. The number of methoxy groups -OCH3 is 1. The van der Waals surface area contributed by atoms with Crippen molar-refractivity contribution in [2.45, 2.75) is 12.6 Å². The van der Waals surface area contributed by atoms with Gasteiger partial charge in [-0.05, 0) is 36.6 Å². The van der Waals surface area contributed by atoms with Gasteiger partial charge in [0, 0.05) is 37.8 Å². The second kappa shape index (κ2) is 7.96. The van der Waals surface area contributed by atoms with Crippen molar-refractivity contribution in [3.05, 3.63) is 53.1 Å². The highest BCUT2D eigenvalue weighted by Crippen LogP contribution is 2.44. The van der Waals surface area contributed by atoms with Crippen LogP contribution in [0.15, 0.2) is 30.5 Å². The predicted octanol–water partition coefficient (Wildman–Crippen LogP) is 2.49. The Morgan fingerprint density at radius 1 is 1.37 bits per heavy atom. The number of ether oxygens (including phenoxy) is 1. The number of nitrogens with zero attached hydrogens (tertiary/aromatic N) is 3. The van der Waals surface area contributed by atoms with E-state index < -0.39 is 5.97 Å². The maximum absolute atomic E-state index is 13.7. The number of aromatic amines is 1. The van der Waals surface area contributed by atoms with E-state index in [0.29, 0.717) is 24.1 Å². The zero-order valence-electron chi connectivity index (χ0n) is 15.4. The number of rotatable bonds is 4. The lowest BCUT2D eigenvalue weighted by Gasteiger charge is -2.26. The number of carbonyl (C=O) groups is 1. The summed E-state index contributed by atoms with van der Waals surface area (Å²) in [7, 11) is 3.48. The Labute approximate surface area is 164 Å². The number of likely N-dealkylation sites (tertiary alicyclic amines) is 2. The maximum Gasteiger partial charge on any atom is 0.356 e. The van der Waals surface area contributed by atoms with Crippen LogP contribution in [0.25, 0.3) is 0 Å². The van der Waals surface area contributed by atoms with E-state index in [1.807, 2.05) is 6.07 Å². The van der Waals surface area contributed by atoms with Gasteiger partial charge in [0.25, 0.3) is 0 Å². The lowest BCUT2D eigenvalue weighted by atomic mass is 9.89. The lowest BCUT2D eigenvalue weighted by molar-refractivity contribution is 0.0591. The van der Waals surface area contributed by atoms with Gasteiger partial charge in [0.1, 0.15) is 11.5 Å². The van der Waals surface area contributed by atoms with E-state index in [4.69, 9.17) is 4.74 Å². The van der Waals surface area contributed by atoms with E-state index in [2.05, 4.69) is 27.0 Å². The first-order chi connectivity index (χ1) is 12.6. The number of esters is 1. The molecule has 146 valence electrons. The first-order valence-electron chi connectivity index (χ1n) is 8.85. The third-order valence-electron chi connectivity index (χ3n) is 5.66. The molecule has 4 rings (SSSR count). The lowest BCUT2D eigenvalue weighted by Crippen LogP contribution is -2.29. The van der Waals surface area contributed by atoms with Crippen LogP contribution in [-0.2, 0) is 11.3 Å². The van der Waals surface area contributed by atoms with Crippen LogP contribution >= 0.6 is 12.4 Å². The predicted molar refractivity (Wildman–Crippen MR) is 101 cm³/mol. The summed E-state index contributed by atoms with van der Waals surface area (Å²) in [6.45, 7) is 3.54. The molecule has 0 spiro atoms. The largest absolute Gasteiger partial charge is 0.464 e. The molecule has 0 saturated carbocycles. The Hall–Kier alpha value is -1.96. The highest BCUT2D eigenvalue weighted by atomic mass is 35.5. The quantitative estimate of drug-likeness (QED) is 0.807. The molecule has 2 saturated heterocycles. The van der Waals surface area contributed by atoms with Gasteiger partial charge in [-0.3, -0.25) is 14.9 Å². The number of halogens is 2. The second-order valence-electron chi connectivity index (χ2n) is 7.32. The van der Waals surface area contributed by atoms with Crippen molar-refractivity contribution < 1.29 is 13.9 Å². The molecule has 6 nitrogen and oxygen atoms in total. The Morgan fingerprint density at radius 2 is 2.19 bits per heavy atom. The summed E-state index contributed by atoms with van der Waals surface area (Å²) in [5.74, 6) is 0.418. The van der Waals surface area contributed by atoms with Crippen LogP contribution in [0.4, 0.5) is 4.39 Å². The SMILES string of the molecule is COC(=O)c1[nH]ncc1CN1C[C@@H]2CN(C)[C@@H](c3cccc(F)c3)[C@@H]2C1.Cl. The minimum atomic E-state index is -0.394. The zero-order valence-corrected chi connectivity index (χ0v) is 16.2. The fourth-order valence-corrected chi connectivity index (χ4v) is 4.62. The molecule has 2 aliphatic rings. The molecule has 0 radical (unpaired) electrons. The molecular formula is C19H24ClFN4O2. The van der Waals surface area contributed by atoms with E-state index in [1.165, 1.54) is 13.2 Å². The van der Waals surface area contributed by atoms with E-state index in [1.54, 1.807) is 18.3 Å². The molecule has 0 aliphatic carbocycles. The summed E-state index contributed by atoms with van der Waals surface area (Å²) in [4.78, 5) is 16.5. The normalized spacial score (nSPS) is 25.2. The van der Waals surface area contributed by atoms with Gasteiger partial charge in [-0.15, -0.1) is 12.4 Å². The highest BCUT2D eigenvalue weighted by Gasteiger charge is 2.46. The number of aromatic nitrogens is 2. The van der Waals surface area contributed by atoms with Crippen molar-refractivity contribution in [3.8, 4) is 0 Å². The number of fused-ring (bicyclic) bond motifs is 1. The van der Waals surface area contributed by atoms with Crippen molar-refractivity contribution in [1.82, 2.24) is 20.0 Å². The third-order valence-corrected chi connectivity index (χ3v) is 5.66. The van der Waals surface area contributed by atoms with E-state index in [-0.39, 0.29) is 24.3 Å². The van der Waals surface area contributed by atoms with E-state index in [0.717, 1.165) is 30.8 Å². The Bertz CT molecular complexity index is 815. The number of nitrogens with one attached hydrogen (secondary N) is 1. The minimum Gasteiger partial charge on any atom is -0.464 e. The maximum atomic E-state index is 13.7. The topological polar surface area (TPSA) is 61.5 Å². The Kier molecular flexibility index (Phi) is 5.83. The molecule has 0 unspecified atom stereocenters. The molecule has 1 N–H and O–H groups in total. The van der Waals surface area contributed by atoms with E-state index >= 15 is 0 Å². The molecule has 2 aliphatic heterocycles. The highest BCUT2D eigenvalue weighted by molar-refractivity contribution is 5.88. The molecule has 3 heterocycles. The Morgan fingerprint density at radius 3 is 2.93 bits per heavy atom. The number of carbonyl (C=O) groups excluding carboxylic acids is 1. The molecule has 27 heavy (non-hydrogen) atoms. The summed E-state index contributed by atoms with van der Waals surface area (Å²) in [5, 5.41) is 6.71. The van der Waals surface area contributed by atoms with Crippen LogP contribution < -0.4 is 0 Å². The number of hydrogen-bond acceptors (Lipinski definition) is 5. The van der Waals surface area contributed by atoms with Crippen molar-refractivity contribution >= 4 is 18.4 Å². The zero-order chi connectivity index (χ0) is 18.3. The van der Waals surface area contributed by atoms with Gasteiger partial charge < -0.3 is 4.74 Å². The van der Waals surface area contributed by atoms with Gasteiger partial charge in [-0.2, -0.15) is 5.10 Å². The third kappa shape index (κ3) is 3.72. The molecule has 8 heteroatoms. The van der Waals surface area contributed by atoms with Crippen molar-refractivity contribution in [2.24, 2.45) is 11.8 Å². The fraction of sp³-hybridized carbons (Fsp3) is 0.474. The first-order valence-corrected chi connectivity index (χ1v) is 8.85. The second-order valence-corrected chi connectivity index (χ2v) is 7.32. The van der Waals surface area contributed by atoms with Crippen LogP contribution in [0.5, 0.6) is 0 Å². The molecule has 1 aromatic heterocycles. The Balaban J connectivity index is 0.00000210. The summed E-state index contributed by atoms with van der Waals surface area (Å²) < 4.78 is 18.5. The molecule has 3 atom stereocenters. The summed E-state index contributed by atoms with van der Waals surface area (Å²) in [6.07, 6.45) is 1.69. The van der Waals surface area contributed by atoms with Crippen LogP contribution in [-0.4, -0.2) is 59.8 Å². The smallest absolute Gasteiger partial charge is 0.356 e. The minimum absolute atomic E-state index is 0. The van der Waals surface area contributed by atoms with Gasteiger partial charge >= 0.3 is 5.97 Å². The molecule has 0 amide bonds. The van der Waals surface area contributed by atoms with Crippen molar-refractivity contribution in [1.29, 1.82) is 0 Å². The van der Waals surface area contributed by atoms with Crippen molar-refractivity contribution in [2.75, 3.05) is 33.8 Å². The summed E-state index contributed by atoms with van der Waals surface area (Å²) in [6, 6.07) is 7.17. The average Bonchev–Trinajstić information content (AvgIpc) is 3.29. The van der Waals surface area contributed by atoms with Crippen LogP contribution in [0.1, 0.15) is 27.7 Å². The van der Waals surface area contributed by atoms with Gasteiger partial charge in [-0.25, -0.2) is 9.18 Å². The standard InChI is InChI=1S/C19H23FN4O2.ClH/c1-23-8-14-10-24(9-13-7-21-22-17(13)19(25)26-2)11-16(14)18(23)12-4-3-5-15(20)6-12;/h3-7,14,16,18H,8-11H2,1-2H3,(H,21,22);1H/t14-,16+,18-;/m0./s1. The fourth-order valence-electron chi connectivity index (χ4n) is 4.62. The number of benzene rings is 1. The van der Waals surface area contributed by atoms with Gasteiger partial charge in [0.05, 0.1) is 13.3 Å². The number of hydrogen-bond donors (Lipinski definition) is 1. The van der Waals surface area contributed by atoms with Crippen LogP contribution in [0.3, 0.4) is 0 Å². The van der Waals surface area contributed by atoms with Crippen LogP contribution in [0.2, 0.25) is 0 Å². The van der Waals surface area contributed by atoms with Crippen molar-refractivity contribution in [3.63, 3.8) is 0 Å². The van der Waals surface area contributed by atoms with Crippen LogP contribution in [0, 0.1) is 17.7 Å². The molecule has 2 fully saturated rings. The van der Waals surface area contributed by atoms with E-state index in [9.17, 15) is 9.18 Å². The van der Waals surface area contributed by atoms with Gasteiger partial charge in [-0.1, -0.05) is 12.1 Å². The summed E-state index contributed by atoms with van der Waals surface area (Å²) >= 11 is 0. The first kappa shape index (κ1) is 19.8. The molecule has 1 aromatic carbocycles. The van der Waals surface area contributed by atoms with Gasteiger partial charge in [0.2, 0.25) is 0 Å².